The van der Waals surface area contributed by atoms with Crippen LogP contribution in [0.3, 0.4) is 0 Å². The number of likely N-dealkylation sites (N-methyl/N-ethyl adjacent to an activating group) is 1. The van der Waals surface area contributed by atoms with Crippen molar-refractivity contribution >= 4 is 32.6 Å². The number of pyridine rings is 1. The lowest BCUT2D eigenvalue weighted by atomic mass is 10.1. The summed E-state index contributed by atoms with van der Waals surface area (Å²) in [6.45, 7) is 6.33. The van der Waals surface area contributed by atoms with E-state index in [0.717, 1.165) is 40.8 Å². The Balaban J connectivity index is 1.28. The van der Waals surface area contributed by atoms with Crippen LogP contribution in [0.25, 0.3) is 10.9 Å². The third-order valence-corrected chi connectivity index (χ3v) is 8.14. The van der Waals surface area contributed by atoms with E-state index in [0.29, 0.717) is 24.5 Å². The van der Waals surface area contributed by atoms with Crippen molar-refractivity contribution in [2.24, 2.45) is 0 Å². The molecule has 1 aliphatic heterocycles. The molecule has 0 spiro atoms. The molecule has 9 heteroatoms. The second kappa shape index (κ2) is 10.1. The molecule has 1 aromatic heterocycles. The fourth-order valence-electron chi connectivity index (χ4n) is 4.36. The van der Waals surface area contributed by atoms with Crippen LogP contribution in [0.5, 0.6) is 0 Å². The second-order valence-corrected chi connectivity index (χ2v) is 10.8. The summed E-state index contributed by atoms with van der Waals surface area (Å²) in [5.74, 6) is 0. The van der Waals surface area contributed by atoms with Gasteiger partial charge in [-0.3, -0.25) is 9.88 Å². The summed E-state index contributed by atoms with van der Waals surface area (Å²) in [4.78, 5) is 19.5. The molecule has 1 saturated heterocycles. The smallest absolute Gasteiger partial charge is 0.319 e. The molecule has 1 unspecified atom stereocenters. The fraction of sp³-hybridized carbons (Fsp3) is 0.360. The van der Waals surface area contributed by atoms with Crippen molar-refractivity contribution in [2.45, 2.75) is 31.2 Å². The molecule has 1 fully saturated rings. The molecule has 8 nitrogen and oxygen atoms in total. The summed E-state index contributed by atoms with van der Waals surface area (Å²) in [6, 6.07) is 16.2. The van der Waals surface area contributed by atoms with E-state index in [1.807, 2.05) is 50.2 Å². The van der Waals surface area contributed by atoms with Gasteiger partial charge in [-0.15, -0.1) is 0 Å². The number of likely N-dealkylation sites (tertiary alicyclic amines) is 1. The average molecular weight is 482 g/mol. The number of hydrogen-bond acceptors (Lipinski definition) is 5. The number of urea groups is 1. The Morgan fingerprint density at radius 2 is 1.94 bits per heavy atom. The number of fused-ring (bicyclic) bond motifs is 1. The highest BCUT2D eigenvalue weighted by molar-refractivity contribution is 7.89. The number of nitrogens with one attached hydrogen (secondary N) is 2. The number of nitrogens with zero attached hydrogens (tertiary/aromatic N) is 3. The first-order chi connectivity index (χ1) is 16.2. The summed E-state index contributed by atoms with van der Waals surface area (Å²) in [5.41, 5.74) is 3.32. The molecule has 2 amide bonds. The summed E-state index contributed by atoms with van der Waals surface area (Å²) in [7, 11) is -1.89. The van der Waals surface area contributed by atoms with Gasteiger partial charge >= 0.3 is 6.03 Å². The van der Waals surface area contributed by atoms with Gasteiger partial charge in [0.15, 0.2) is 0 Å². The van der Waals surface area contributed by atoms with Crippen molar-refractivity contribution < 1.29 is 13.2 Å². The van der Waals surface area contributed by atoms with E-state index >= 15 is 0 Å². The molecule has 1 aliphatic rings. The molecule has 4 rings (SSSR count). The number of aromatic nitrogens is 1. The van der Waals surface area contributed by atoms with Gasteiger partial charge < -0.3 is 10.6 Å². The van der Waals surface area contributed by atoms with Gasteiger partial charge in [0.2, 0.25) is 10.0 Å². The zero-order valence-corrected chi connectivity index (χ0v) is 20.6. The molecule has 2 heterocycles. The van der Waals surface area contributed by atoms with E-state index in [2.05, 4.69) is 20.5 Å². The Bertz CT molecular complexity index is 1290. The van der Waals surface area contributed by atoms with Gasteiger partial charge in [0.05, 0.1) is 16.1 Å². The first-order valence-corrected chi connectivity index (χ1v) is 12.9. The monoisotopic (exact) mass is 481 g/mol. The molecule has 3 aromatic rings. The number of carbonyl (C=O) groups excluding carboxylic acids is 1. The summed E-state index contributed by atoms with van der Waals surface area (Å²) in [5, 5.41) is 6.72. The van der Waals surface area contributed by atoms with E-state index in [-0.39, 0.29) is 12.1 Å². The second-order valence-electron chi connectivity index (χ2n) is 8.79. The minimum absolute atomic E-state index is 0.0921. The van der Waals surface area contributed by atoms with Crippen molar-refractivity contribution in [3.05, 3.63) is 65.9 Å². The summed E-state index contributed by atoms with van der Waals surface area (Å²) < 4.78 is 27.5. The molecular formula is C25H31N5O3S. The number of anilines is 1. The first kappa shape index (κ1) is 24.1. The largest absolute Gasteiger partial charge is 0.337 e. The van der Waals surface area contributed by atoms with Crippen LogP contribution in [0.15, 0.2) is 59.5 Å². The number of amides is 2. The van der Waals surface area contributed by atoms with Crippen LogP contribution in [0.2, 0.25) is 0 Å². The highest BCUT2D eigenvalue weighted by Gasteiger charge is 2.33. The van der Waals surface area contributed by atoms with Gasteiger partial charge in [-0.05, 0) is 56.6 Å². The lowest BCUT2D eigenvalue weighted by Gasteiger charge is -2.24. The van der Waals surface area contributed by atoms with E-state index in [1.165, 1.54) is 4.31 Å². The Morgan fingerprint density at radius 1 is 1.15 bits per heavy atom. The molecule has 2 aromatic carbocycles. The van der Waals surface area contributed by atoms with Gasteiger partial charge in [-0.25, -0.2) is 13.2 Å². The van der Waals surface area contributed by atoms with Crippen molar-refractivity contribution in [1.82, 2.24) is 19.5 Å². The Hall–Kier alpha value is -3.01. The number of carbonyl (C=O) groups is 1. The van der Waals surface area contributed by atoms with E-state index in [1.54, 1.807) is 25.2 Å². The van der Waals surface area contributed by atoms with Crippen LogP contribution < -0.4 is 10.6 Å². The van der Waals surface area contributed by atoms with Crippen LogP contribution in [-0.4, -0.2) is 67.9 Å². The van der Waals surface area contributed by atoms with Crippen LogP contribution in [-0.2, 0) is 10.0 Å². The lowest BCUT2D eigenvalue weighted by molar-refractivity contribution is 0.248. The normalized spacial score (nSPS) is 16.8. The molecular weight excluding hydrogens is 450 g/mol. The number of para-hydroxylation sites is 1. The molecule has 0 aliphatic carbocycles. The van der Waals surface area contributed by atoms with Crippen LogP contribution in [0.4, 0.5) is 10.5 Å². The SMILES string of the molecule is Cc1cccc(S(=O)(=O)N(C)C2CCN(CCNC(=O)Nc3cc(C)nc4ccccc34)C2)c1. The molecule has 180 valence electrons. The highest BCUT2D eigenvalue weighted by atomic mass is 32.2. The number of rotatable bonds is 7. The van der Waals surface area contributed by atoms with E-state index < -0.39 is 10.0 Å². The van der Waals surface area contributed by atoms with Crippen LogP contribution in [0, 0.1) is 13.8 Å². The number of sulfonamides is 1. The van der Waals surface area contributed by atoms with Crippen molar-refractivity contribution in [2.75, 3.05) is 38.5 Å². The first-order valence-electron chi connectivity index (χ1n) is 11.4. The van der Waals surface area contributed by atoms with E-state index in [4.69, 9.17) is 0 Å². The predicted molar refractivity (Wildman–Crippen MR) is 134 cm³/mol. The summed E-state index contributed by atoms with van der Waals surface area (Å²) >= 11 is 0. The van der Waals surface area contributed by atoms with Crippen molar-refractivity contribution in [3.63, 3.8) is 0 Å². The van der Waals surface area contributed by atoms with Crippen LogP contribution >= 0.6 is 0 Å². The zero-order chi connectivity index (χ0) is 24.3. The minimum Gasteiger partial charge on any atom is -0.337 e. The lowest BCUT2D eigenvalue weighted by Crippen LogP contribution is -2.40. The van der Waals surface area contributed by atoms with Gasteiger partial charge in [-0.1, -0.05) is 30.3 Å². The predicted octanol–water partition coefficient (Wildman–Crippen LogP) is 3.37. The average Bonchev–Trinajstić information content (AvgIpc) is 3.27. The van der Waals surface area contributed by atoms with Gasteiger partial charge in [0.25, 0.3) is 0 Å². The Labute approximate surface area is 201 Å². The number of aryl methyl sites for hydroxylation is 2. The van der Waals surface area contributed by atoms with Crippen molar-refractivity contribution in [3.8, 4) is 0 Å². The molecule has 34 heavy (non-hydrogen) atoms. The quantitative estimate of drug-likeness (QED) is 0.540. The standard InChI is InChI=1S/C25H31N5O3S/c1-18-7-6-8-21(15-18)34(32,33)29(3)20-11-13-30(17-20)14-12-26-25(31)28-24-16-19(2)27-23-10-5-4-9-22(23)24/h4-10,15-16,20H,11-14,17H2,1-3H3,(H2,26,27,28,31). The molecule has 2 N–H and O–H groups in total. The third-order valence-electron chi connectivity index (χ3n) is 6.23. The topological polar surface area (TPSA) is 94.6 Å². The number of hydrogen-bond donors (Lipinski definition) is 2. The molecule has 1 atom stereocenters. The Morgan fingerprint density at radius 3 is 2.74 bits per heavy atom. The summed E-state index contributed by atoms with van der Waals surface area (Å²) in [6.07, 6.45) is 0.760. The van der Waals surface area contributed by atoms with Crippen molar-refractivity contribution in [1.29, 1.82) is 0 Å². The maximum absolute atomic E-state index is 13.0. The highest BCUT2D eigenvalue weighted by Crippen LogP contribution is 2.24. The third kappa shape index (κ3) is 5.38. The fourth-order valence-corrected chi connectivity index (χ4v) is 5.84. The minimum atomic E-state index is -3.54. The van der Waals surface area contributed by atoms with Gasteiger partial charge in [-0.2, -0.15) is 4.31 Å². The van der Waals surface area contributed by atoms with Gasteiger partial charge in [0, 0.05) is 43.8 Å². The van der Waals surface area contributed by atoms with Crippen LogP contribution in [0.1, 0.15) is 17.7 Å². The number of benzene rings is 2. The molecule has 0 bridgehead atoms. The van der Waals surface area contributed by atoms with E-state index in [9.17, 15) is 13.2 Å². The molecule has 0 saturated carbocycles. The Kier molecular flexibility index (Phi) is 7.16. The maximum atomic E-state index is 13.0. The molecule has 0 radical (unpaired) electrons. The zero-order valence-electron chi connectivity index (χ0n) is 19.8. The maximum Gasteiger partial charge on any atom is 0.319 e. The van der Waals surface area contributed by atoms with Gasteiger partial charge in [0.1, 0.15) is 0 Å².